The summed E-state index contributed by atoms with van der Waals surface area (Å²) in [5.41, 5.74) is 1.14. The monoisotopic (exact) mass is 194 g/mol. The third-order valence-electron chi connectivity index (χ3n) is 1.63. The predicted molar refractivity (Wildman–Crippen MR) is 59.2 cm³/mol. The number of allylic oxidation sites excluding steroid dienone is 6. The smallest absolute Gasteiger partial charge is 0.303 e. The normalized spacial score (nSPS) is 12.9. The van der Waals surface area contributed by atoms with Gasteiger partial charge in [-0.25, -0.2) is 0 Å². The van der Waals surface area contributed by atoms with Crippen molar-refractivity contribution in [2.24, 2.45) is 0 Å². The molecule has 0 aromatic rings. The molecule has 2 heteroatoms. The van der Waals surface area contributed by atoms with Crippen molar-refractivity contribution >= 4 is 5.97 Å². The van der Waals surface area contributed by atoms with Crippen LogP contribution in [0.2, 0.25) is 0 Å². The van der Waals surface area contributed by atoms with Gasteiger partial charge in [-0.05, 0) is 25.3 Å². The first-order valence-corrected chi connectivity index (χ1v) is 4.91. The Labute approximate surface area is 85.6 Å². The number of carbonyl (C=O) groups is 1. The fourth-order valence-electron chi connectivity index (χ4n) is 1.05. The molecule has 2 nitrogen and oxygen atoms in total. The highest BCUT2D eigenvalue weighted by Gasteiger charge is 1.91. The Hall–Kier alpha value is -1.31. The maximum absolute atomic E-state index is 10.2. The molecule has 0 saturated heterocycles. The summed E-state index contributed by atoms with van der Waals surface area (Å²) in [5.74, 6) is -0.748. The standard InChI is InChI=1S/C12H18O2/c1-3-7-11(8-4-2)9-5-6-10-12(13)14/h3,5,7-9H,4,6,10H2,1-2H3,(H,13,14)/b7-3-,9-5+,11-8+. The lowest BCUT2D eigenvalue weighted by molar-refractivity contribution is -0.136. The molecule has 0 radical (unpaired) electrons. The fourth-order valence-corrected chi connectivity index (χ4v) is 1.05. The zero-order valence-corrected chi connectivity index (χ0v) is 8.86. The highest BCUT2D eigenvalue weighted by Crippen LogP contribution is 2.03. The average Bonchev–Trinajstić information content (AvgIpc) is 2.12. The highest BCUT2D eigenvalue weighted by atomic mass is 16.4. The van der Waals surface area contributed by atoms with Crippen LogP contribution in [0.1, 0.15) is 33.1 Å². The Bertz CT molecular complexity index is 247. The van der Waals surface area contributed by atoms with Crippen molar-refractivity contribution in [3.8, 4) is 0 Å². The molecule has 0 aromatic heterocycles. The minimum absolute atomic E-state index is 0.200. The second-order valence-corrected chi connectivity index (χ2v) is 2.95. The third-order valence-corrected chi connectivity index (χ3v) is 1.63. The van der Waals surface area contributed by atoms with Crippen LogP contribution in [0.15, 0.2) is 36.0 Å². The molecule has 78 valence electrons. The summed E-state index contributed by atoms with van der Waals surface area (Å²) in [4.78, 5) is 10.2. The van der Waals surface area contributed by atoms with E-state index in [0.29, 0.717) is 6.42 Å². The molecule has 0 aliphatic heterocycles. The van der Waals surface area contributed by atoms with Crippen molar-refractivity contribution in [1.82, 2.24) is 0 Å². The summed E-state index contributed by atoms with van der Waals surface area (Å²) < 4.78 is 0. The molecule has 0 rings (SSSR count). The highest BCUT2D eigenvalue weighted by molar-refractivity contribution is 5.66. The molecular weight excluding hydrogens is 176 g/mol. The van der Waals surface area contributed by atoms with E-state index in [-0.39, 0.29) is 6.42 Å². The van der Waals surface area contributed by atoms with Gasteiger partial charge in [0.05, 0.1) is 0 Å². The number of carboxylic acid groups (broad SMARTS) is 1. The van der Waals surface area contributed by atoms with Gasteiger partial charge in [-0.1, -0.05) is 37.3 Å². The van der Waals surface area contributed by atoms with Crippen LogP contribution < -0.4 is 0 Å². The topological polar surface area (TPSA) is 37.3 Å². The van der Waals surface area contributed by atoms with E-state index in [1.165, 1.54) is 0 Å². The molecule has 0 unspecified atom stereocenters. The first kappa shape index (κ1) is 12.7. The lowest BCUT2D eigenvalue weighted by Crippen LogP contribution is -1.91. The molecule has 0 atom stereocenters. The van der Waals surface area contributed by atoms with Gasteiger partial charge in [0.1, 0.15) is 0 Å². The Morgan fingerprint density at radius 1 is 1.36 bits per heavy atom. The van der Waals surface area contributed by atoms with Crippen LogP contribution in [0, 0.1) is 0 Å². The van der Waals surface area contributed by atoms with E-state index in [9.17, 15) is 4.79 Å². The van der Waals surface area contributed by atoms with Crippen LogP contribution in [0.4, 0.5) is 0 Å². The SMILES string of the molecule is C\C=C/C(/C=C/CCC(=O)O)=C\CC. The Kier molecular flexibility index (Phi) is 7.52. The molecule has 0 fully saturated rings. The molecule has 0 aliphatic carbocycles. The number of hydrogen-bond acceptors (Lipinski definition) is 1. The zero-order valence-electron chi connectivity index (χ0n) is 8.86. The van der Waals surface area contributed by atoms with E-state index in [1.54, 1.807) is 0 Å². The molecule has 0 aromatic carbocycles. The second-order valence-electron chi connectivity index (χ2n) is 2.95. The van der Waals surface area contributed by atoms with Gasteiger partial charge in [0, 0.05) is 6.42 Å². The van der Waals surface area contributed by atoms with Gasteiger partial charge in [0.15, 0.2) is 0 Å². The lowest BCUT2D eigenvalue weighted by atomic mass is 10.1. The second kappa shape index (κ2) is 8.30. The van der Waals surface area contributed by atoms with E-state index in [4.69, 9.17) is 5.11 Å². The maximum atomic E-state index is 10.2. The largest absolute Gasteiger partial charge is 0.481 e. The summed E-state index contributed by atoms with van der Waals surface area (Å²) in [6, 6.07) is 0. The van der Waals surface area contributed by atoms with Crippen LogP contribution in [-0.2, 0) is 4.79 Å². The lowest BCUT2D eigenvalue weighted by Gasteiger charge is -1.92. The minimum Gasteiger partial charge on any atom is -0.481 e. The van der Waals surface area contributed by atoms with E-state index < -0.39 is 5.97 Å². The summed E-state index contributed by atoms with van der Waals surface area (Å²) in [6.45, 7) is 4.04. The van der Waals surface area contributed by atoms with E-state index in [1.807, 2.05) is 31.2 Å². The summed E-state index contributed by atoms with van der Waals surface area (Å²) in [7, 11) is 0. The first-order valence-electron chi connectivity index (χ1n) is 4.91. The van der Waals surface area contributed by atoms with E-state index in [0.717, 1.165) is 12.0 Å². The molecule has 0 spiro atoms. The van der Waals surface area contributed by atoms with Crippen molar-refractivity contribution < 1.29 is 9.90 Å². The Balaban J connectivity index is 4.03. The number of carboxylic acids is 1. The minimum atomic E-state index is -0.748. The van der Waals surface area contributed by atoms with Crippen molar-refractivity contribution in [2.75, 3.05) is 0 Å². The van der Waals surface area contributed by atoms with E-state index in [2.05, 4.69) is 13.0 Å². The fraction of sp³-hybridized carbons (Fsp3) is 0.417. The van der Waals surface area contributed by atoms with Crippen LogP contribution in [0.3, 0.4) is 0 Å². The maximum Gasteiger partial charge on any atom is 0.303 e. The van der Waals surface area contributed by atoms with Gasteiger partial charge < -0.3 is 5.11 Å². The Morgan fingerprint density at radius 3 is 2.57 bits per heavy atom. The predicted octanol–water partition coefficient (Wildman–Crippen LogP) is 3.32. The van der Waals surface area contributed by atoms with Gasteiger partial charge >= 0.3 is 5.97 Å². The first-order chi connectivity index (χ1) is 6.70. The van der Waals surface area contributed by atoms with Crippen molar-refractivity contribution in [2.45, 2.75) is 33.1 Å². The molecule has 14 heavy (non-hydrogen) atoms. The summed E-state index contributed by atoms with van der Waals surface area (Å²) in [5, 5.41) is 8.42. The molecule has 1 N–H and O–H groups in total. The van der Waals surface area contributed by atoms with Gasteiger partial charge in [-0.3, -0.25) is 4.79 Å². The van der Waals surface area contributed by atoms with Crippen molar-refractivity contribution in [1.29, 1.82) is 0 Å². The van der Waals surface area contributed by atoms with Crippen LogP contribution in [0.25, 0.3) is 0 Å². The van der Waals surface area contributed by atoms with Gasteiger partial charge in [0.2, 0.25) is 0 Å². The number of rotatable bonds is 6. The molecule has 0 saturated carbocycles. The number of hydrogen-bond donors (Lipinski definition) is 1. The quantitative estimate of drug-likeness (QED) is 0.658. The van der Waals surface area contributed by atoms with Crippen LogP contribution in [-0.4, -0.2) is 11.1 Å². The number of aliphatic carboxylic acids is 1. The van der Waals surface area contributed by atoms with Crippen LogP contribution >= 0.6 is 0 Å². The Morgan fingerprint density at radius 2 is 2.07 bits per heavy atom. The van der Waals surface area contributed by atoms with Crippen molar-refractivity contribution in [3.05, 3.63) is 36.0 Å². The zero-order chi connectivity index (χ0) is 10.8. The summed E-state index contributed by atoms with van der Waals surface area (Å²) >= 11 is 0. The van der Waals surface area contributed by atoms with Gasteiger partial charge in [-0.15, -0.1) is 0 Å². The van der Waals surface area contributed by atoms with Crippen LogP contribution in [0.5, 0.6) is 0 Å². The van der Waals surface area contributed by atoms with Crippen molar-refractivity contribution in [3.63, 3.8) is 0 Å². The molecule has 0 amide bonds. The molecular formula is C12H18O2. The molecule has 0 aliphatic rings. The van der Waals surface area contributed by atoms with Gasteiger partial charge in [0.25, 0.3) is 0 Å². The average molecular weight is 194 g/mol. The molecule has 0 bridgehead atoms. The van der Waals surface area contributed by atoms with Gasteiger partial charge in [-0.2, -0.15) is 0 Å². The molecule has 0 heterocycles. The van der Waals surface area contributed by atoms with E-state index >= 15 is 0 Å². The summed E-state index contributed by atoms with van der Waals surface area (Å²) in [6.07, 6.45) is 11.7. The third kappa shape index (κ3) is 7.35.